The van der Waals surface area contributed by atoms with E-state index in [0.29, 0.717) is 25.1 Å². The minimum Gasteiger partial charge on any atom is -0.475 e. The lowest BCUT2D eigenvalue weighted by Gasteiger charge is -2.04. The first-order chi connectivity index (χ1) is 9.16. The highest BCUT2D eigenvalue weighted by atomic mass is 19.1. The van der Waals surface area contributed by atoms with Crippen LogP contribution in [0.3, 0.4) is 0 Å². The zero-order chi connectivity index (χ0) is 13.7. The van der Waals surface area contributed by atoms with Crippen LogP contribution in [0.1, 0.15) is 21.7 Å². The Morgan fingerprint density at radius 2 is 2.21 bits per heavy atom. The van der Waals surface area contributed by atoms with Gasteiger partial charge in [-0.25, -0.2) is 9.18 Å². The lowest BCUT2D eigenvalue weighted by Crippen LogP contribution is -2.17. The van der Waals surface area contributed by atoms with Crippen LogP contribution in [0.5, 0.6) is 0 Å². The van der Waals surface area contributed by atoms with Crippen LogP contribution in [0.15, 0.2) is 41.0 Å². The van der Waals surface area contributed by atoms with Crippen molar-refractivity contribution in [2.45, 2.75) is 13.0 Å². The van der Waals surface area contributed by atoms with Gasteiger partial charge in [-0.15, -0.1) is 0 Å². The lowest BCUT2D eigenvalue weighted by atomic mass is 10.1. The minimum atomic E-state index is -1.08. The zero-order valence-corrected chi connectivity index (χ0v) is 10.2. The van der Waals surface area contributed by atoms with Crippen LogP contribution in [0, 0.1) is 5.82 Å². The maximum atomic E-state index is 12.9. The van der Waals surface area contributed by atoms with Crippen LogP contribution < -0.4 is 5.32 Å². The Kier molecular flexibility index (Phi) is 4.30. The van der Waals surface area contributed by atoms with E-state index in [9.17, 15) is 9.18 Å². The van der Waals surface area contributed by atoms with E-state index < -0.39 is 5.97 Å². The van der Waals surface area contributed by atoms with Crippen LogP contribution in [0.25, 0.3) is 0 Å². The molecule has 1 heterocycles. The molecule has 2 N–H and O–H groups in total. The van der Waals surface area contributed by atoms with Crippen LogP contribution in [0.4, 0.5) is 4.39 Å². The number of benzene rings is 1. The molecule has 2 aromatic rings. The standard InChI is InChI=1S/C14H14FNO3/c15-12-3-1-2-10(8-12)4-6-16-9-11-5-7-19-13(11)14(17)18/h1-3,5,7-8,16H,4,6,9H2,(H,17,18). The lowest BCUT2D eigenvalue weighted by molar-refractivity contribution is 0.0660. The average molecular weight is 263 g/mol. The molecule has 5 heteroatoms. The second kappa shape index (κ2) is 6.15. The molecular formula is C14H14FNO3. The van der Waals surface area contributed by atoms with E-state index in [2.05, 4.69) is 5.32 Å². The van der Waals surface area contributed by atoms with Gasteiger partial charge in [0.1, 0.15) is 5.82 Å². The number of carbonyl (C=O) groups is 1. The van der Waals surface area contributed by atoms with Crippen LogP contribution in [-0.2, 0) is 13.0 Å². The number of hydrogen-bond acceptors (Lipinski definition) is 3. The van der Waals surface area contributed by atoms with E-state index in [1.807, 2.05) is 6.07 Å². The smallest absolute Gasteiger partial charge is 0.372 e. The minimum absolute atomic E-state index is 0.0433. The van der Waals surface area contributed by atoms with Gasteiger partial charge in [0.25, 0.3) is 0 Å². The molecule has 0 bridgehead atoms. The maximum Gasteiger partial charge on any atom is 0.372 e. The summed E-state index contributed by atoms with van der Waals surface area (Å²) in [4.78, 5) is 10.8. The summed E-state index contributed by atoms with van der Waals surface area (Å²) in [6, 6.07) is 8.04. The molecular weight excluding hydrogens is 249 g/mol. The molecule has 0 amide bonds. The number of carboxylic acid groups (broad SMARTS) is 1. The molecule has 19 heavy (non-hydrogen) atoms. The van der Waals surface area contributed by atoms with Crippen molar-refractivity contribution in [3.05, 3.63) is 59.3 Å². The molecule has 0 spiro atoms. The third-order valence-electron chi connectivity index (χ3n) is 2.74. The third-order valence-corrected chi connectivity index (χ3v) is 2.74. The van der Waals surface area contributed by atoms with Gasteiger partial charge >= 0.3 is 5.97 Å². The third kappa shape index (κ3) is 3.66. The van der Waals surface area contributed by atoms with Crippen molar-refractivity contribution in [3.8, 4) is 0 Å². The first-order valence-corrected chi connectivity index (χ1v) is 5.91. The zero-order valence-electron chi connectivity index (χ0n) is 10.2. The van der Waals surface area contributed by atoms with E-state index in [0.717, 1.165) is 5.56 Å². The number of carboxylic acids is 1. The summed E-state index contributed by atoms with van der Waals surface area (Å²) in [6.07, 6.45) is 2.03. The van der Waals surface area contributed by atoms with Crippen molar-refractivity contribution >= 4 is 5.97 Å². The van der Waals surface area contributed by atoms with Gasteiger partial charge in [-0.1, -0.05) is 12.1 Å². The molecule has 0 fully saturated rings. The first kappa shape index (κ1) is 13.3. The monoisotopic (exact) mass is 263 g/mol. The quantitative estimate of drug-likeness (QED) is 0.786. The number of furan rings is 1. The molecule has 0 saturated carbocycles. The topological polar surface area (TPSA) is 62.5 Å². The van der Waals surface area contributed by atoms with Crippen molar-refractivity contribution in [2.24, 2.45) is 0 Å². The fourth-order valence-electron chi connectivity index (χ4n) is 1.81. The molecule has 100 valence electrons. The summed E-state index contributed by atoms with van der Waals surface area (Å²) in [5, 5.41) is 12.0. The predicted molar refractivity (Wildman–Crippen MR) is 67.5 cm³/mol. The van der Waals surface area contributed by atoms with Crippen LogP contribution >= 0.6 is 0 Å². The number of hydrogen-bond donors (Lipinski definition) is 2. The van der Waals surface area contributed by atoms with Gasteiger partial charge < -0.3 is 14.8 Å². The van der Waals surface area contributed by atoms with E-state index in [1.54, 1.807) is 12.1 Å². The number of rotatable bonds is 6. The summed E-state index contributed by atoms with van der Waals surface area (Å²) in [5.41, 5.74) is 1.50. The maximum absolute atomic E-state index is 12.9. The molecule has 0 aliphatic heterocycles. The normalized spacial score (nSPS) is 10.6. The summed E-state index contributed by atoms with van der Waals surface area (Å²) < 4.78 is 17.8. The van der Waals surface area contributed by atoms with Gasteiger partial charge in [-0.05, 0) is 36.7 Å². The molecule has 4 nitrogen and oxygen atoms in total. The largest absolute Gasteiger partial charge is 0.475 e. The number of halogens is 1. The van der Waals surface area contributed by atoms with Crippen molar-refractivity contribution in [2.75, 3.05) is 6.54 Å². The highest BCUT2D eigenvalue weighted by Gasteiger charge is 2.12. The van der Waals surface area contributed by atoms with Gasteiger partial charge in [0, 0.05) is 12.1 Å². The Labute approximate surface area is 109 Å². The fourth-order valence-corrected chi connectivity index (χ4v) is 1.81. The van der Waals surface area contributed by atoms with Crippen molar-refractivity contribution in [3.63, 3.8) is 0 Å². The van der Waals surface area contributed by atoms with Crippen molar-refractivity contribution in [1.82, 2.24) is 5.32 Å². The summed E-state index contributed by atoms with van der Waals surface area (Å²) in [7, 11) is 0. The van der Waals surface area contributed by atoms with E-state index >= 15 is 0 Å². The molecule has 1 aromatic carbocycles. The summed E-state index contributed by atoms with van der Waals surface area (Å²) >= 11 is 0. The number of nitrogens with one attached hydrogen (secondary N) is 1. The Morgan fingerprint density at radius 1 is 1.37 bits per heavy atom. The highest BCUT2D eigenvalue weighted by molar-refractivity contribution is 5.86. The fraction of sp³-hybridized carbons (Fsp3) is 0.214. The van der Waals surface area contributed by atoms with E-state index in [4.69, 9.17) is 9.52 Å². The summed E-state index contributed by atoms with van der Waals surface area (Å²) in [6.45, 7) is 1.04. The first-order valence-electron chi connectivity index (χ1n) is 5.91. The molecule has 0 unspecified atom stereocenters. The van der Waals surface area contributed by atoms with Crippen LogP contribution in [0.2, 0.25) is 0 Å². The van der Waals surface area contributed by atoms with Gasteiger partial charge in [-0.3, -0.25) is 0 Å². The highest BCUT2D eigenvalue weighted by Crippen LogP contribution is 2.10. The second-order valence-electron chi connectivity index (χ2n) is 4.14. The van der Waals surface area contributed by atoms with Crippen LogP contribution in [-0.4, -0.2) is 17.6 Å². The average Bonchev–Trinajstić information content (AvgIpc) is 2.83. The Balaban J connectivity index is 1.81. The van der Waals surface area contributed by atoms with E-state index in [1.165, 1.54) is 18.4 Å². The van der Waals surface area contributed by atoms with Gasteiger partial charge in [0.05, 0.1) is 6.26 Å². The van der Waals surface area contributed by atoms with Gasteiger partial charge in [0.15, 0.2) is 0 Å². The molecule has 0 aliphatic carbocycles. The van der Waals surface area contributed by atoms with Gasteiger partial charge in [0.2, 0.25) is 5.76 Å². The van der Waals surface area contributed by atoms with Crippen molar-refractivity contribution in [1.29, 1.82) is 0 Å². The summed E-state index contributed by atoms with van der Waals surface area (Å²) in [5.74, 6) is -1.37. The molecule has 0 aliphatic rings. The number of aromatic carboxylic acids is 1. The van der Waals surface area contributed by atoms with Gasteiger partial charge in [-0.2, -0.15) is 0 Å². The van der Waals surface area contributed by atoms with Crippen molar-refractivity contribution < 1.29 is 18.7 Å². The van der Waals surface area contributed by atoms with E-state index in [-0.39, 0.29) is 11.6 Å². The Bertz CT molecular complexity index is 565. The molecule has 1 aromatic heterocycles. The molecule has 0 saturated heterocycles. The predicted octanol–water partition coefficient (Wildman–Crippen LogP) is 2.45. The Hall–Kier alpha value is -2.14. The molecule has 0 atom stereocenters. The SMILES string of the molecule is O=C(O)c1occc1CNCCc1cccc(F)c1. The molecule has 2 rings (SSSR count). The Morgan fingerprint density at radius 3 is 2.95 bits per heavy atom. The molecule has 0 radical (unpaired) electrons. The second-order valence-corrected chi connectivity index (χ2v) is 4.14.